The van der Waals surface area contributed by atoms with Gasteiger partial charge < -0.3 is 15.2 Å². The molecular formula is C16H23NO3. The lowest BCUT2D eigenvalue weighted by atomic mass is 10.1. The molecule has 0 bridgehead atoms. The Kier molecular flexibility index (Phi) is 5.01. The first-order valence-corrected chi connectivity index (χ1v) is 7.37. The summed E-state index contributed by atoms with van der Waals surface area (Å²) in [6, 6.07) is 6.04. The van der Waals surface area contributed by atoms with E-state index >= 15 is 0 Å². The molecule has 1 aliphatic rings. The first kappa shape index (κ1) is 14.9. The highest BCUT2D eigenvalue weighted by Gasteiger charge is 2.23. The van der Waals surface area contributed by atoms with Crippen LogP contribution in [0.2, 0.25) is 0 Å². The second-order valence-corrected chi connectivity index (χ2v) is 5.15. The maximum Gasteiger partial charge on any atom is 0.347 e. The lowest BCUT2D eigenvalue weighted by Crippen LogP contribution is -2.29. The number of rotatable bonds is 6. The molecule has 4 nitrogen and oxygen atoms in total. The minimum absolute atomic E-state index is 0.135. The van der Waals surface area contributed by atoms with E-state index in [0.29, 0.717) is 13.0 Å². The van der Waals surface area contributed by atoms with Gasteiger partial charge >= 0.3 is 5.97 Å². The van der Waals surface area contributed by atoms with E-state index in [2.05, 4.69) is 0 Å². The van der Waals surface area contributed by atoms with Crippen molar-refractivity contribution in [2.45, 2.75) is 51.7 Å². The van der Waals surface area contributed by atoms with E-state index in [-0.39, 0.29) is 12.0 Å². The molecule has 4 heteroatoms. The molecule has 0 radical (unpaired) electrons. The summed E-state index contributed by atoms with van der Waals surface area (Å²) in [5.41, 5.74) is 8.44. The van der Waals surface area contributed by atoms with Gasteiger partial charge in [-0.25, -0.2) is 4.79 Å². The van der Waals surface area contributed by atoms with E-state index in [1.54, 1.807) is 6.92 Å². The predicted octanol–water partition coefficient (Wildman–Crippen LogP) is 2.74. The van der Waals surface area contributed by atoms with Gasteiger partial charge in [-0.1, -0.05) is 19.4 Å². The number of benzene rings is 1. The van der Waals surface area contributed by atoms with Crippen molar-refractivity contribution in [1.29, 1.82) is 0 Å². The van der Waals surface area contributed by atoms with E-state index in [4.69, 9.17) is 15.2 Å². The molecule has 0 saturated heterocycles. The standard InChI is InChI=1S/C16H23NO3/c1-3-5-15(16(18)19-4-2)20-12-7-8-13-11(10-12)6-9-14(13)17/h7-8,10,14-15H,3-6,9,17H2,1-2H3/t14-,15?/m1/s1. The van der Waals surface area contributed by atoms with Crippen LogP contribution in [0.5, 0.6) is 5.75 Å². The topological polar surface area (TPSA) is 61.5 Å². The van der Waals surface area contributed by atoms with Crippen LogP contribution in [0, 0.1) is 0 Å². The van der Waals surface area contributed by atoms with Crippen LogP contribution in [0.3, 0.4) is 0 Å². The van der Waals surface area contributed by atoms with Crippen molar-refractivity contribution in [2.75, 3.05) is 6.61 Å². The van der Waals surface area contributed by atoms with Gasteiger partial charge in [0.25, 0.3) is 0 Å². The summed E-state index contributed by atoms with van der Waals surface area (Å²) in [6.45, 7) is 4.20. The summed E-state index contributed by atoms with van der Waals surface area (Å²) >= 11 is 0. The maximum atomic E-state index is 11.9. The first-order chi connectivity index (χ1) is 9.65. The number of esters is 1. The molecule has 0 aromatic heterocycles. The molecule has 1 aromatic carbocycles. The zero-order valence-corrected chi connectivity index (χ0v) is 12.2. The number of hydrogen-bond donors (Lipinski definition) is 1. The van der Waals surface area contributed by atoms with E-state index in [1.165, 1.54) is 11.1 Å². The number of carbonyl (C=O) groups excluding carboxylic acids is 1. The second-order valence-electron chi connectivity index (χ2n) is 5.15. The van der Waals surface area contributed by atoms with Crippen LogP contribution in [-0.2, 0) is 16.0 Å². The average molecular weight is 277 g/mol. The molecule has 0 aliphatic heterocycles. The predicted molar refractivity (Wildman–Crippen MR) is 77.6 cm³/mol. The molecular weight excluding hydrogens is 254 g/mol. The second kappa shape index (κ2) is 6.75. The minimum Gasteiger partial charge on any atom is -0.479 e. The lowest BCUT2D eigenvalue weighted by molar-refractivity contribution is -0.151. The van der Waals surface area contributed by atoms with Crippen molar-refractivity contribution in [3.8, 4) is 5.75 Å². The van der Waals surface area contributed by atoms with Gasteiger partial charge in [-0.3, -0.25) is 0 Å². The zero-order chi connectivity index (χ0) is 14.5. The molecule has 2 atom stereocenters. The van der Waals surface area contributed by atoms with Crippen molar-refractivity contribution in [3.05, 3.63) is 29.3 Å². The molecule has 1 aliphatic carbocycles. The Labute approximate surface area is 120 Å². The number of nitrogens with two attached hydrogens (primary N) is 1. The normalized spacial score (nSPS) is 18.4. The van der Waals surface area contributed by atoms with Crippen molar-refractivity contribution in [1.82, 2.24) is 0 Å². The Balaban J connectivity index is 2.09. The van der Waals surface area contributed by atoms with Crippen LogP contribution in [0.1, 0.15) is 50.3 Å². The van der Waals surface area contributed by atoms with Gasteiger partial charge in [-0.2, -0.15) is 0 Å². The number of aryl methyl sites for hydroxylation is 1. The lowest BCUT2D eigenvalue weighted by Gasteiger charge is -2.17. The molecule has 1 unspecified atom stereocenters. The molecule has 0 fully saturated rings. The fourth-order valence-electron chi connectivity index (χ4n) is 2.59. The number of hydrogen-bond acceptors (Lipinski definition) is 4. The highest BCUT2D eigenvalue weighted by atomic mass is 16.6. The average Bonchev–Trinajstić information content (AvgIpc) is 2.80. The molecule has 2 rings (SSSR count). The van der Waals surface area contributed by atoms with E-state index in [0.717, 1.165) is 25.0 Å². The van der Waals surface area contributed by atoms with E-state index in [1.807, 2.05) is 25.1 Å². The molecule has 110 valence electrons. The Morgan fingerprint density at radius 1 is 1.45 bits per heavy atom. The number of ether oxygens (including phenoxy) is 2. The first-order valence-electron chi connectivity index (χ1n) is 7.37. The third-order valence-electron chi connectivity index (χ3n) is 3.62. The van der Waals surface area contributed by atoms with Crippen LogP contribution in [0.25, 0.3) is 0 Å². The molecule has 0 amide bonds. The summed E-state index contributed by atoms with van der Waals surface area (Å²) in [5, 5.41) is 0. The summed E-state index contributed by atoms with van der Waals surface area (Å²) in [7, 11) is 0. The zero-order valence-electron chi connectivity index (χ0n) is 12.2. The van der Waals surface area contributed by atoms with Crippen LogP contribution in [0.15, 0.2) is 18.2 Å². The third-order valence-corrected chi connectivity index (χ3v) is 3.62. The number of carbonyl (C=O) groups is 1. The Morgan fingerprint density at radius 3 is 2.95 bits per heavy atom. The quantitative estimate of drug-likeness (QED) is 0.812. The van der Waals surface area contributed by atoms with Gasteiger partial charge in [0.05, 0.1) is 6.61 Å². The van der Waals surface area contributed by atoms with Crippen LogP contribution in [0.4, 0.5) is 0 Å². The Bertz CT molecular complexity index is 473. The summed E-state index contributed by atoms with van der Waals surface area (Å²) < 4.78 is 10.9. The highest BCUT2D eigenvalue weighted by molar-refractivity contribution is 5.75. The molecule has 1 aromatic rings. The summed E-state index contributed by atoms with van der Waals surface area (Å²) in [6.07, 6.45) is 2.98. The van der Waals surface area contributed by atoms with Gasteiger partial charge in [0.15, 0.2) is 6.10 Å². The molecule has 2 N–H and O–H groups in total. The van der Waals surface area contributed by atoms with Gasteiger partial charge in [0, 0.05) is 6.04 Å². The number of fused-ring (bicyclic) bond motifs is 1. The smallest absolute Gasteiger partial charge is 0.347 e. The van der Waals surface area contributed by atoms with E-state index in [9.17, 15) is 4.79 Å². The highest BCUT2D eigenvalue weighted by Crippen LogP contribution is 2.32. The third kappa shape index (κ3) is 3.31. The summed E-state index contributed by atoms with van der Waals surface area (Å²) in [5.74, 6) is 0.441. The van der Waals surface area contributed by atoms with Crippen molar-refractivity contribution >= 4 is 5.97 Å². The molecule has 0 saturated carbocycles. The van der Waals surface area contributed by atoms with Crippen LogP contribution in [-0.4, -0.2) is 18.7 Å². The van der Waals surface area contributed by atoms with E-state index < -0.39 is 6.10 Å². The molecule has 0 heterocycles. The van der Waals surface area contributed by atoms with Crippen molar-refractivity contribution < 1.29 is 14.3 Å². The van der Waals surface area contributed by atoms with Crippen LogP contribution < -0.4 is 10.5 Å². The SMILES string of the molecule is CCCC(Oc1ccc2c(c1)CC[C@H]2N)C(=O)OCC. The molecule has 0 spiro atoms. The Morgan fingerprint density at radius 2 is 2.25 bits per heavy atom. The minimum atomic E-state index is -0.520. The van der Waals surface area contributed by atoms with Gasteiger partial charge in [0.2, 0.25) is 0 Å². The molecule has 20 heavy (non-hydrogen) atoms. The fourth-order valence-corrected chi connectivity index (χ4v) is 2.59. The maximum absolute atomic E-state index is 11.9. The Hall–Kier alpha value is -1.55. The van der Waals surface area contributed by atoms with Crippen molar-refractivity contribution in [2.24, 2.45) is 5.73 Å². The van der Waals surface area contributed by atoms with Crippen molar-refractivity contribution in [3.63, 3.8) is 0 Å². The van der Waals surface area contributed by atoms with Gasteiger partial charge in [-0.05, 0) is 49.4 Å². The van der Waals surface area contributed by atoms with Crippen LogP contribution >= 0.6 is 0 Å². The van der Waals surface area contributed by atoms with Gasteiger partial charge in [0.1, 0.15) is 5.75 Å². The monoisotopic (exact) mass is 277 g/mol. The summed E-state index contributed by atoms with van der Waals surface area (Å²) in [4.78, 5) is 11.9. The fraction of sp³-hybridized carbons (Fsp3) is 0.562. The largest absolute Gasteiger partial charge is 0.479 e. The van der Waals surface area contributed by atoms with Gasteiger partial charge in [-0.15, -0.1) is 0 Å².